The minimum atomic E-state index is -1.14. The van der Waals surface area contributed by atoms with E-state index in [4.69, 9.17) is 14.8 Å². The van der Waals surface area contributed by atoms with E-state index in [2.05, 4.69) is 16.7 Å². The molecule has 3 N–H and O–H groups in total. The second-order valence-corrected chi connectivity index (χ2v) is 9.90. The summed E-state index contributed by atoms with van der Waals surface area (Å²) in [6.07, 6.45) is 0. The number of hydrogen-bond donors (Lipinski definition) is 3. The summed E-state index contributed by atoms with van der Waals surface area (Å²) < 4.78 is 5.27. The molecular formula is C31H26N4O5S. The van der Waals surface area contributed by atoms with Gasteiger partial charge in [-0.1, -0.05) is 41.6 Å². The standard InChI is InChI=1S/C31H26N4O5S/c1-19-3-5-20(6-4-19)25-15-27(21-9-13-24(40-2)14-10-21)35-31(26(25)16-32)41-18-28(36)34-23-11-7-22(8-12-23)30(39)33-17-29(37)38/h3-15H,17-18H2,1-2H3,(H,33,39)(H,34,36)(H,37,38). The fourth-order valence-electron chi connectivity index (χ4n) is 3.90. The molecule has 0 aliphatic heterocycles. The predicted molar refractivity (Wildman–Crippen MR) is 157 cm³/mol. The van der Waals surface area contributed by atoms with Crippen LogP contribution in [0.1, 0.15) is 21.5 Å². The summed E-state index contributed by atoms with van der Waals surface area (Å²) in [6, 6.07) is 25.5. The molecule has 0 aliphatic rings. The molecule has 4 aromatic rings. The number of anilines is 1. The number of nitriles is 1. The van der Waals surface area contributed by atoms with Crippen LogP contribution in [0.4, 0.5) is 5.69 Å². The van der Waals surface area contributed by atoms with Gasteiger partial charge < -0.3 is 20.5 Å². The number of hydrogen-bond acceptors (Lipinski definition) is 7. The zero-order valence-electron chi connectivity index (χ0n) is 22.3. The van der Waals surface area contributed by atoms with Crippen LogP contribution >= 0.6 is 11.8 Å². The Kier molecular flexibility index (Phi) is 9.35. The van der Waals surface area contributed by atoms with Gasteiger partial charge in [-0.2, -0.15) is 5.26 Å². The van der Waals surface area contributed by atoms with Crippen LogP contribution in [0.3, 0.4) is 0 Å². The Morgan fingerprint density at radius 2 is 1.63 bits per heavy atom. The number of rotatable bonds is 10. The van der Waals surface area contributed by atoms with Crippen molar-refractivity contribution in [2.75, 3.05) is 24.7 Å². The number of carbonyl (C=O) groups is 3. The van der Waals surface area contributed by atoms with E-state index < -0.39 is 18.4 Å². The molecule has 0 aliphatic carbocycles. The molecule has 0 spiro atoms. The van der Waals surface area contributed by atoms with Crippen molar-refractivity contribution in [2.45, 2.75) is 11.9 Å². The number of nitrogens with zero attached hydrogens (tertiary/aromatic N) is 2. The Hall–Kier alpha value is -5.14. The highest BCUT2D eigenvalue weighted by Crippen LogP contribution is 2.35. The second kappa shape index (κ2) is 13.3. The Morgan fingerprint density at radius 1 is 0.976 bits per heavy atom. The first-order valence-corrected chi connectivity index (χ1v) is 13.4. The fraction of sp³-hybridized carbons (Fsp3) is 0.129. The Bertz CT molecular complexity index is 1610. The fourth-order valence-corrected chi connectivity index (χ4v) is 4.70. The Balaban J connectivity index is 1.55. The van der Waals surface area contributed by atoms with Gasteiger partial charge in [0.25, 0.3) is 5.91 Å². The lowest BCUT2D eigenvalue weighted by atomic mass is 9.98. The molecule has 9 nitrogen and oxygen atoms in total. The Morgan fingerprint density at radius 3 is 2.24 bits per heavy atom. The van der Waals surface area contributed by atoms with Gasteiger partial charge in [0.05, 0.1) is 24.1 Å². The highest BCUT2D eigenvalue weighted by Gasteiger charge is 2.17. The summed E-state index contributed by atoms with van der Waals surface area (Å²) in [5.41, 5.74) is 5.27. The Labute approximate surface area is 241 Å². The maximum Gasteiger partial charge on any atom is 0.322 e. The van der Waals surface area contributed by atoms with Crippen LogP contribution in [0.15, 0.2) is 83.9 Å². The second-order valence-electron chi connectivity index (χ2n) is 8.93. The van der Waals surface area contributed by atoms with Gasteiger partial charge in [0.1, 0.15) is 23.4 Å². The predicted octanol–water partition coefficient (Wildman–Crippen LogP) is 5.15. The third kappa shape index (κ3) is 7.50. The number of benzene rings is 3. The number of aryl methyl sites for hydroxylation is 1. The number of nitrogens with one attached hydrogen (secondary N) is 2. The third-order valence-electron chi connectivity index (χ3n) is 6.02. The molecule has 1 aromatic heterocycles. The van der Waals surface area contributed by atoms with Crippen molar-refractivity contribution in [2.24, 2.45) is 0 Å². The van der Waals surface area contributed by atoms with E-state index in [1.165, 1.54) is 12.1 Å². The first-order chi connectivity index (χ1) is 19.8. The van der Waals surface area contributed by atoms with Gasteiger partial charge in [0, 0.05) is 22.4 Å². The van der Waals surface area contributed by atoms with Crippen LogP contribution in [0.25, 0.3) is 22.4 Å². The molecule has 0 fully saturated rings. The van der Waals surface area contributed by atoms with Crippen LogP contribution in [0.2, 0.25) is 0 Å². The van der Waals surface area contributed by atoms with Crippen LogP contribution in [-0.2, 0) is 9.59 Å². The molecule has 0 saturated heterocycles. The van der Waals surface area contributed by atoms with Crippen molar-refractivity contribution in [1.29, 1.82) is 5.26 Å². The highest BCUT2D eigenvalue weighted by atomic mass is 32.2. The number of carboxylic acid groups (broad SMARTS) is 1. The molecule has 0 bridgehead atoms. The van der Waals surface area contributed by atoms with Gasteiger partial charge in [0.15, 0.2) is 0 Å². The molecule has 1 heterocycles. The summed E-state index contributed by atoms with van der Waals surface area (Å²) in [7, 11) is 1.60. The summed E-state index contributed by atoms with van der Waals surface area (Å²) in [6.45, 7) is 1.50. The van der Waals surface area contributed by atoms with Crippen molar-refractivity contribution in [1.82, 2.24) is 10.3 Å². The van der Waals surface area contributed by atoms with Crippen molar-refractivity contribution in [3.8, 4) is 34.2 Å². The van der Waals surface area contributed by atoms with Crippen molar-refractivity contribution in [3.05, 3.63) is 95.6 Å². The molecule has 10 heteroatoms. The van der Waals surface area contributed by atoms with Gasteiger partial charge in [-0.3, -0.25) is 14.4 Å². The monoisotopic (exact) mass is 566 g/mol. The number of carbonyl (C=O) groups excluding carboxylic acids is 2. The van der Waals surface area contributed by atoms with E-state index in [9.17, 15) is 19.6 Å². The number of aliphatic carboxylic acids is 1. The number of pyridine rings is 1. The number of amides is 2. The zero-order chi connectivity index (χ0) is 29.4. The number of aromatic nitrogens is 1. The van der Waals surface area contributed by atoms with Gasteiger partial charge in [-0.05, 0) is 67.1 Å². The maximum atomic E-state index is 12.8. The SMILES string of the molecule is COc1ccc(-c2cc(-c3ccc(C)cc3)c(C#N)c(SCC(=O)Nc3ccc(C(=O)NCC(=O)O)cc3)n2)cc1. The minimum Gasteiger partial charge on any atom is -0.497 e. The number of carboxylic acids is 1. The van der Waals surface area contributed by atoms with E-state index in [-0.39, 0.29) is 17.2 Å². The average molecular weight is 567 g/mol. The lowest BCUT2D eigenvalue weighted by Gasteiger charge is -2.13. The van der Waals surface area contributed by atoms with Crippen LogP contribution in [-0.4, -0.2) is 47.3 Å². The first-order valence-electron chi connectivity index (χ1n) is 12.5. The van der Waals surface area contributed by atoms with E-state index in [1.54, 1.807) is 19.2 Å². The number of ether oxygens (including phenoxy) is 1. The van der Waals surface area contributed by atoms with Gasteiger partial charge in [-0.15, -0.1) is 0 Å². The largest absolute Gasteiger partial charge is 0.497 e. The van der Waals surface area contributed by atoms with E-state index in [0.29, 0.717) is 33.3 Å². The molecule has 4 rings (SSSR count). The summed E-state index contributed by atoms with van der Waals surface area (Å²) in [5.74, 6) is -1.30. The van der Waals surface area contributed by atoms with Crippen molar-refractivity contribution < 1.29 is 24.2 Å². The lowest BCUT2D eigenvalue weighted by Crippen LogP contribution is -2.29. The smallest absolute Gasteiger partial charge is 0.322 e. The summed E-state index contributed by atoms with van der Waals surface area (Å²) in [5, 5.41) is 24.3. The maximum absolute atomic E-state index is 12.8. The topological polar surface area (TPSA) is 141 Å². The zero-order valence-corrected chi connectivity index (χ0v) is 23.1. The van der Waals surface area contributed by atoms with Crippen LogP contribution < -0.4 is 15.4 Å². The molecule has 0 saturated carbocycles. The molecule has 0 radical (unpaired) electrons. The van der Waals surface area contributed by atoms with Gasteiger partial charge in [0.2, 0.25) is 5.91 Å². The number of methoxy groups -OCH3 is 1. The summed E-state index contributed by atoms with van der Waals surface area (Å²) >= 11 is 1.15. The lowest BCUT2D eigenvalue weighted by molar-refractivity contribution is -0.135. The first kappa shape index (κ1) is 28.9. The highest BCUT2D eigenvalue weighted by molar-refractivity contribution is 8.00. The minimum absolute atomic E-state index is 0.0120. The molecule has 206 valence electrons. The van der Waals surface area contributed by atoms with Crippen molar-refractivity contribution in [3.63, 3.8) is 0 Å². The molecule has 41 heavy (non-hydrogen) atoms. The normalized spacial score (nSPS) is 10.4. The quantitative estimate of drug-likeness (QED) is 0.224. The van der Waals surface area contributed by atoms with Crippen molar-refractivity contribution >= 4 is 35.2 Å². The molecular weight excluding hydrogens is 540 g/mol. The van der Waals surface area contributed by atoms with E-state index in [0.717, 1.165) is 28.5 Å². The molecule has 0 unspecified atom stereocenters. The van der Waals surface area contributed by atoms with Crippen LogP contribution in [0, 0.1) is 18.3 Å². The third-order valence-corrected chi connectivity index (χ3v) is 6.99. The van der Waals surface area contributed by atoms with Gasteiger partial charge >= 0.3 is 5.97 Å². The van der Waals surface area contributed by atoms with Crippen LogP contribution in [0.5, 0.6) is 5.75 Å². The molecule has 3 aromatic carbocycles. The van der Waals surface area contributed by atoms with E-state index in [1.807, 2.05) is 61.5 Å². The van der Waals surface area contributed by atoms with Gasteiger partial charge in [-0.25, -0.2) is 4.98 Å². The number of thioether (sulfide) groups is 1. The molecule has 0 atom stereocenters. The molecule has 2 amide bonds. The average Bonchev–Trinajstić information content (AvgIpc) is 2.99. The van der Waals surface area contributed by atoms with E-state index >= 15 is 0 Å². The summed E-state index contributed by atoms with van der Waals surface area (Å²) in [4.78, 5) is 40.2.